The van der Waals surface area contributed by atoms with E-state index in [0.717, 1.165) is 43.8 Å². The zero-order valence-corrected chi connectivity index (χ0v) is 14.7. The largest absolute Gasteiger partial charge is 0.368 e. The predicted molar refractivity (Wildman–Crippen MR) is 100 cm³/mol. The first-order chi connectivity index (χ1) is 11.7. The van der Waals surface area contributed by atoms with E-state index in [2.05, 4.69) is 25.8 Å². The third-order valence-corrected chi connectivity index (χ3v) is 5.25. The third kappa shape index (κ3) is 3.22. The average Bonchev–Trinajstić information content (AvgIpc) is 3.06. The number of aromatic nitrogens is 2. The zero-order valence-electron chi connectivity index (χ0n) is 13.2. The summed E-state index contributed by atoms with van der Waals surface area (Å²) in [6.07, 6.45) is 3.89. The average molecular weight is 361 g/mol. The van der Waals surface area contributed by atoms with E-state index < -0.39 is 0 Å². The van der Waals surface area contributed by atoms with E-state index in [1.165, 1.54) is 11.3 Å². The van der Waals surface area contributed by atoms with E-state index in [1.54, 1.807) is 0 Å². The van der Waals surface area contributed by atoms with Crippen LogP contribution in [0, 0.1) is 0 Å². The number of halogens is 2. The molecule has 4 rings (SSSR count). The fraction of sp³-hybridized carbons (Fsp3) is 0.278. The molecular weight excluding hydrogens is 343 g/mol. The summed E-state index contributed by atoms with van der Waals surface area (Å²) >= 11 is 12.1. The summed E-state index contributed by atoms with van der Waals surface area (Å²) in [6, 6.07) is 10.0. The van der Waals surface area contributed by atoms with E-state index in [0.29, 0.717) is 10.0 Å². The fourth-order valence-corrected chi connectivity index (χ4v) is 3.48. The van der Waals surface area contributed by atoms with E-state index in [9.17, 15) is 0 Å². The van der Waals surface area contributed by atoms with Gasteiger partial charge in [-0.1, -0.05) is 29.3 Å². The van der Waals surface area contributed by atoms with Crippen molar-refractivity contribution in [2.45, 2.75) is 6.54 Å². The van der Waals surface area contributed by atoms with Crippen molar-refractivity contribution < 1.29 is 0 Å². The number of nitrogens with one attached hydrogen (secondary N) is 1. The van der Waals surface area contributed by atoms with Gasteiger partial charge in [-0.25, -0.2) is 0 Å². The van der Waals surface area contributed by atoms with Crippen LogP contribution in [0.25, 0.3) is 11.0 Å². The molecule has 3 heterocycles. The van der Waals surface area contributed by atoms with Gasteiger partial charge in [-0.3, -0.25) is 9.88 Å². The second kappa shape index (κ2) is 6.63. The first kappa shape index (κ1) is 15.8. The molecule has 2 aromatic heterocycles. The zero-order chi connectivity index (χ0) is 16.5. The topological polar surface area (TPSA) is 35.2 Å². The van der Waals surface area contributed by atoms with Gasteiger partial charge in [0.15, 0.2) is 0 Å². The molecule has 1 N–H and O–H groups in total. The van der Waals surface area contributed by atoms with Crippen LogP contribution >= 0.6 is 23.2 Å². The molecule has 4 nitrogen and oxygen atoms in total. The number of benzene rings is 1. The monoisotopic (exact) mass is 360 g/mol. The van der Waals surface area contributed by atoms with Gasteiger partial charge < -0.3 is 9.88 Å². The Balaban J connectivity index is 1.39. The second-order valence-electron chi connectivity index (χ2n) is 6.12. The number of rotatable bonds is 3. The Hall–Kier alpha value is -1.75. The van der Waals surface area contributed by atoms with E-state index >= 15 is 0 Å². The lowest BCUT2D eigenvalue weighted by molar-refractivity contribution is 0.250. The molecule has 1 aliphatic rings. The van der Waals surface area contributed by atoms with Gasteiger partial charge in [0.2, 0.25) is 0 Å². The molecule has 124 valence electrons. The summed E-state index contributed by atoms with van der Waals surface area (Å²) in [5.41, 5.74) is 4.48. The highest BCUT2D eigenvalue weighted by Crippen LogP contribution is 2.24. The molecule has 3 aromatic rings. The first-order valence-corrected chi connectivity index (χ1v) is 8.79. The number of hydrogen-bond acceptors (Lipinski definition) is 3. The summed E-state index contributed by atoms with van der Waals surface area (Å²) in [6.45, 7) is 4.93. The number of anilines is 1. The first-order valence-electron chi connectivity index (χ1n) is 8.03. The molecule has 0 saturated carbocycles. The maximum Gasteiger partial charge on any atom is 0.0880 e. The SMILES string of the molecule is Clc1ccc(CN2CCN(c3cnc4cc[nH]c4c3)CC2)cc1Cl. The lowest BCUT2D eigenvalue weighted by Crippen LogP contribution is -2.46. The normalized spacial score (nSPS) is 16.0. The molecule has 0 unspecified atom stereocenters. The maximum absolute atomic E-state index is 6.10. The van der Waals surface area contributed by atoms with Crippen LogP contribution in [0.1, 0.15) is 5.56 Å². The summed E-state index contributed by atoms with van der Waals surface area (Å²) < 4.78 is 0. The number of fused-ring (bicyclic) bond motifs is 1. The van der Waals surface area contributed by atoms with Crippen molar-refractivity contribution in [2.75, 3.05) is 31.1 Å². The van der Waals surface area contributed by atoms with Gasteiger partial charge in [-0.15, -0.1) is 0 Å². The molecule has 1 aliphatic heterocycles. The lowest BCUT2D eigenvalue weighted by atomic mass is 10.2. The molecule has 1 saturated heterocycles. The van der Waals surface area contributed by atoms with Gasteiger partial charge >= 0.3 is 0 Å². The summed E-state index contributed by atoms with van der Waals surface area (Å²) in [5.74, 6) is 0. The van der Waals surface area contributed by atoms with Crippen LogP contribution in [0.15, 0.2) is 42.7 Å². The van der Waals surface area contributed by atoms with Gasteiger partial charge in [0.05, 0.1) is 33.0 Å². The number of hydrogen-bond donors (Lipinski definition) is 1. The van der Waals surface area contributed by atoms with Gasteiger partial charge in [0.1, 0.15) is 0 Å². The maximum atomic E-state index is 6.10. The Morgan fingerprint density at radius 1 is 1.00 bits per heavy atom. The number of H-pyrrole nitrogens is 1. The predicted octanol–water partition coefficient (Wildman–Crippen LogP) is 4.19. The van der Waals surface area contributed by atoms with Gasteiger partial charge in [0.25, 0.3) is 0 Å². The fourth-order valence-electron chi connectivity index (χ4n) is 3.16. The Bertz CT molecular complexity index is 853. The van der Waals surface area contributed by atoms with E-state index in [4.69, 9.17) is 23.2 Å². The van der Waals surface area contributed by atoms with Gasteiger partial charge in [-0.2, -0.15) is 0 Å². The Labute approximate surface area is 151 Å². The number of piperazine rings is 1. The lowest BCUT2D eigenvalue weighted by Gasteiger charge is -2.36. The molecular formula is C18H18Cl2N4. The van der Waals surface area contributed by atoms with Gasteiger partial charge in [0, 0.05) is 38.9 Å². The number of aromatic amines is 1. The summed E-state index contributed by atoms with van der Waals surface area (Å²) in [5, 5.41) is 1.23. The molecule has 0 spiro atoms. The molecule has 0 atom stereocenters. The molecule has 1 aromatic carbocycles. The van der Waals surface area contributed by atoms with Crippen molar-refractivity contribution in [2.24, 2.45) is 0 Å². The molecule has 24 heavy (non-hydrogen) atoms. The minimum Gasteiger partial charge on any atom is -0.368 e. The van der Waals surface area contributed by atoms with E-state index in [-0.39, 0.29) is 0 Å². The smallest absolute Gasteiger partial charge is 0.0880 e. The minimum absolute atomic E-state index is 0.609. The highest BCUT2D eigenvalue weighted by Gasteiger charge is 2.18. The molecule has 1 fully saturated rings. The highest BCUT2D eigenvalue weighted by atomic mass is 35.5. The van der Waals surface area contributed by atoms with Crippen molar-refractivity contribution >= 4 is 39.9 Å². The standard InChI is InChI=1S/C18H18Cl2N4/c19-15-2-1-13(9-16(15)20)12-23-5-7-24(8-6-23)14-10-18-17(22-11-14)3-4-21-18/h1-4,9-11,21H,5-8,12H2. The molecule has 6 heteroatoms. The quantitative estimate of drug-likeness (QED) is 0.760. The summed E-state index contributed by atoms with van der Waals surface area (Å²) in [7, 11) is 0. The Morgan fingerprint density at radius 2 is 1.83 bits per heavy atom. The van der Waals surface area contributed by atoms with Crippen molar-refractivity contribution in [3.63, 3.8) is 0 Å². The number of nitrogens with zero attached hydrogens (tertiary/aromatic N) is 3. The molecule has 0 bridgehead atoms. The summed E-state index contributed by atoms with van der Waals surface area (Å²) in [4.78, 5) is 12.6. The van der Waals surface area contributed by atoms with E-state index in [1.807, 2.05) is 36.7 Å². The van der Waals surface area contributed by atoms with Crippen LogP contribution in [-0.2, 0) is 6.54 Å². The minimum atomic E-state index is 0.609. The molecule has 0 radical (unpaired) electrons. The van der Waals surface area contributed by atoms with Crippen molar-refractivity contribution in [1.29, 1.82) is 0 Å². The Kier molecular flexibility index (Phi) is 4.35. The number of pyridine rings is 1. The third-order valence-electron chi connectivity index (χ3n) is 4.51. The highest BCUT2D eigenvalue weighted by molar-refractivity contribution is 6.42. The van der Waals surface area contributed by atoms with Crippen LogP contribution in [-0.4, -0.2) is 41.0 Å². The van der Waals surface area contributed by atoms with Crippen LogP contribution in [0.2, 0.25) is 10.0 Å². The molecule has 0 amide bonds. The van der Waals surface area contributed by atoms with Crippen molar-refractivity contribution in [3.05, 3.63) is 58.3 Å². The van der Waals surface area contributed by atoms with Crippen molar-refractivity contribution in [1.82, 2.24) is 14.9 Å². The van der Waals surface area contributed by atoms with Crippen LogP contribution in [0.3, 0.4) is 0 Å². The molecule has 0 aliphatic carbocycles. The second-order valence-corrected chi connectivity index (χ2v) is 6.93. The van der Waals surface area contributed by atoms with Crippen LogP contribution in [0.5, 0.6) is 0 Å². The van der Waals surface area contributed by atoms with Crippen LogP contribution in [0.4, 0.5) is 5.69 Å². The van der Waals surface area contributed by atoms with Crippen molar-refractivity contribution in [3.8, 4) is 0 Å². The van der Waals surface area contributed by atoms with Gasteiger partial charge in [-0.05, 0) is 29.8 Å². The van der Waals surface area contributed by atoms with Crippen LogP contribution < -0.4 is 4.90 Å². The Morgan fingerprint density at radius 3 is 2.62 bits per heavy atom.